The number of hydrogen-bond acceptors (Lipinski definition) is 4. The number of rotatable bonds is 2. The maximum Gasteiger partial charge on any atom is 0.281 e. The summed E-state index contributed by atoms with van der Waals surface area (Å²) in [5.74, 6) is 0. The topological polar surface area (TPSA) is 109 Å². The summed E-state index contributed by atoms with van der Waals surface area (Å²) in [5, 5.41) is -1.65. The Kier molecular flexibility index (Phi) is 4.73. The SMILES string of the molecule is O=S(=O)(O)CS(=O)(=O)O.[Fe]. The second-order valence-electron chi connectivity index (χ2n) is 1.28. The molecule has 0 saturated carbocycles. The molecule has 0 bridgehead atoms. The third-order valence-electron chi connectivity index (χ3n) is 0.298. The summed E-state index contributed by atoms with van der Waals surface area (Å²) in [6.45, 7) is 0. The van der Waals surface area contributed by atoms with Crippen molar-refractivity contribution in [1.29, 1.82) is 0 Å². The Balaban J connectivity index is 0. The standard InChI is InChI=1S/CH4O6S2.Fe/c2-8(3,4)1-9(5,6)7;/h1H2,(H,2,3,4)(H,5,6,7);. The van der Waals surface area contributed by atoms with Crippen molar-refractivity contribution in [3.8, 4) is 0 Å². The van der Waals surface area contributed by atoms with E-state index in [9.17, 15) is 16.8 Å². The van der Waals surface area contributed by atoms with Crippen molar-refractivity contribution in [2.75, 3.05) is 5.08 Å². The first-order chi connectivity index (χ1) is 3.71. The summed E-state index contributed by atoms with van der Waals surface area (Å²) in [7, 11) is -9.24. The molecule has 0 spiro atoms. The largest absolute Gasteiger partial charge is 0.285 e. The van der Waals surface area contributed by atoms with Crippen molar-refractivity contribution in [2.24, 2.45) is 0 Å². The van der Waals surface area contributed by atoms with Gasteiger partial charge in [0, 0.05) is 17.1 Å². The molecule has 0 aliphatic carbocycles. The summed E-state index contributed by atoms with van der Waals surface area (Å²) < 4.78 is 54.2. The first-order valence-corrected chi connectivity index (χ1v) is 4.83. The van der Waals surface area contributed by atoms with Crippen LogP contribution in [0.4, 0.5) is 0 Å². The Bertz CT molecular complexity index is 241. The minimum Gasteiger partial charge on any atom is -0.285 e. The molecular formula is CH4FeO6S2. The minimum atomic E-state index is -4.62. The fourth-order valence-electron chi connectivity index (χ4n) is 0.188. The second kappa shape index (κ2) is 3.65. The maximum atomic E-state index is 9.66. The van der Waals surface area contributed by atoms with Crippen molar-refractivity contribution in [3.05, 3.63) is 0 Å². The molecule has 0 heterocycles. The van der Waals surface area contributed by atoms with Gasteiger partial charge in [-0.05, 0) is 0 Å². The van der Waals surface area contributed by atoms with Crippen LogP contribution in [0.25, 0.3) is 0 Å². The minimum absolute atomic E-state index is 0. The van der Waals surface area contributed by atoms with Gasteiger partial charge in [-0.2, -0.15) is 16.8 Å². The third-order valence-corrected chi connectivity index (χ3v) is 2.68. The van der Waals surface area contributed by atoms with E-state index in [2.05, 4.69) is 0 Å². The van der Waals surface area contributed by atoms with Crippen LogP contribution in [0.15, 0.2) is 0 Å². The van der Waals surface area contributed by atoms with Gasteiger partial charge in [-0.15, -0.1) is 0 Å². The molecule has 0 saturated heterocycles. The molecule has 0 aromatic carbocycles. The first kappa shape index (κ1) is 13.0. The van der Waals surface area contributed by atoms with Crippen LogP contribution in [0, 0.1) is 0 Å². The van der Waals surface area contributed by atoms with Gasteiger partial charge in [0.2, 0.25) is 5.08 Å². The fraction of sp³-hybridized carbons (Fsp3) is 1.00. The van der Waals surface area contributed by atoms with E-state index in [0.717, 1.165) is 0 Å². The quantitative estimate of drug-likeness (QED) is 0.453. The molecule has 0 unspecified atom stereocenters. The van der Waals surface area contributed by atoms with Crippen molar-refractivity contribution < 1.29 is 43.0 Å². The van der Waals surface area contributed by atoms with E-state index in [-0.39, 0.29) is 17.1 Å². The Hall–Kier alpha value is 0.339. The Morgan fingerprint density at radius 1 is 0.900 bits per heavy atom. The molecule has 2 N–H and O–H groups in total. The molecule has 0 radical (unpaired) electrons. The van der Waals surface area contributed by atoms with Crippen molar-refractivity contribution >= 4 is 20.2 Å². The van der Waals surface area contributed by atoms with Gasteiger partial charge in [0.25, 0.3) is 20.2 Å². The zero-order valence-corrected chi connectivity index (χ0v) is 7.14. The molecule has 0 aromatic heterocycles. The number of hydrogen-bond donors (Lipinski definition) is 2. The summed E-state index contributed by atoms with van der Waals surface area (Å²) >= 11 is 0. The normalized spacial score (nSPS) is 12.2. The summed E-state index contributed by atoms with van der Waals surface area (Å²) in [5.41, 5.74) is 0. The van der Waals surface area contributed by atoms with E-state index in [0.29, 0.717) is 0 Å². The molecule has 0 rings (SSSR count). The van der Waals surface area contributed by atoms with E-state index >= 15 is 0 Å². The average Bonchev–Trinajstić information content (AvgIpc) is 1.14. The van der Waals surface area contributed by atoms with Crippen LogP contribution in [-0.2, 0) is 37.3 Å². The van der Waals surface area contributed by atoms with E-state index in [1.807, 2.05) is 0 Å². The third kappa shape index (κ3) is 11.2. The van der Waals surface area contributed by atoms with E-state index in [4.69, 9.17) is 9.11 Å². The van der Waals surface area contributed by atoms with Gasteiger partial charge in [0.05, 0.1) is 0 Å². The second-order valence-corrected chi connectivity index (χ2v) is 4.55. The van der Waals surface area contributed by atoms with Crippen LogP contribution >= 0.6 is 0 Å². The molecular weight excluding hydrogens is 228 g/mol. The van der Waals surface area contributed by atoms with Gasteiger partial charge in [-0.3, -0.25) is 9.11 Å². The molecule has 0 aliphatic rings. The van der Waals surface area contributed by atoms with Gasteiger partial charge in [0.15, 0.2) is 0 Å². The zero-order valence-electron chi connectivity index (χ0n) is 4.40. The summed E-state index contributed by atoms with van der Waals surface area (Å²) in [4.78, 5) is 0. The first-order valence-electron chi connectivity index (χ1n) is 1.61. The molecule has 9 heteroatoms. The Morgan fingerprint density at radius 3 is 1.10 bits per heavy atom. The molecule has 0 aliphatic heterocycles. The van der Waals surface area contributed by atoms with Gasteiger partial charge >= 0.3 is 0 Å². The van der Waals surface area contributed by atoms with Crippen LogP contribution in [0.1, 0.15) is 0 Å². The maximum absolute atomic E-state index is 9.66. The fourth-order valence-corrected chi connectivity index (χ4v) is 1.69. The van der Waals surface area contributed by atoms with Gasteiger partial charge in [0.1, 0.15) is 0 Å². The van der Waals surface area contributed by atoms with Crippen molar-refractivity contribution in [2.45, 2.75) is 0 Å². The molecule has 6 nitrogen and oxygen atoms in total. The Labute approximate surface area is 68.6 Å². The van der Waals surface area contributed by atoms with Gasteiger partial charge in [-0.1, -0.05) is 0 Å². The summed E-state index contributed by atoms with van der Waals surface area (Å²) in [6.07, 6.45) is 0. The smallest absolute Gasteiger partial charge is 0.281 e. The van der Waals surface area contributed by atoms with Gasteiger partial charge in [-0.25, -0.2) is 0 Å². The van der Waals surface area contributed by atoms with E-state index < -0.39 is 25.3 Å². The molecule has 0 aromatic rings. The predicted molar refractivity (Wildman–Crippen MR) is 28.0 cm³/mol. The molecule has 64 valence electrons. The van der Waals surface area contributed by atoms with Crippen LogP contribution in [0.3, 0.4) is 0 Å². The molecule has 10 heavy (non-hydrogen) atoms. The van der Waals surface area contributed by atoms with E-state index in [1.165, 1.54) is 0 Å². The average molecular weight is 232 g/mol. The van der Waals surface area contributed by atoms with Crippen LogP contribution in [0.2, 0.25) is 0 Å². The van der Waals surface area contributed by atoms with Crippen LogP contribution < -0.4 is 0 Å². The summed E-state index contributed by atoms with van der Waals surface area (Å²) in [6, 6.07) is 0. The zero-order chi connectivity index (χ0) is 7.71. The molecule has 0 amide bonds. The van der Waals surface area contributed by atoms with Crippen molar-refractivity contribution in [3.63, 3.8) is 0 Å². The van der Waals surface area contributed by atoms with Gasteiger partial charge < -0.3 is 0 Å². The Morgan fingerprint density at radius 2 is 1.10 bits per heavy atom. The molecule has 0 atom stereocenters. The predicted octanol–water partition coefficient (Wildman–Crippen LogP) is -1.28. The van der Waals surface area contributed by atoms with E-state index in [1.54, 1.807) is 0 Å². The monoisotopic (exact) mass is 232 g/mol. The van der Waals surface area contributed by atoms with Crippen LogP contribution in [-0.4, -0.2) is 31.0 Å². The van der Waals surface area contributed by atoms with Crippen LogP contribution in [0.5, 0.6) is 0 Å². The molecule has 0 fully saturated rings. The van der Waals surface area contributed by atoms with Crippen molar-refractivity contribution in [1.82, 2.24) is 0 Å².